The quantitative estimate of drug-likeness (QED) is 0.805. The highest BCUT2D eigenvalue weighted by molar-refractivity contribution is 7.09. The SMILES string of the molecule is CC(C)CCOC(=O)c1csc(C(C)N)n1. The van der Waals surface area contributed by atoms with Crippen molar-refractivity contribution in [1.29, 1.82) is 0 Å². The lowest BCUT2D eigenvalue weighted by Crippen LogP contribution is -2.10. The lowest BCUT2D eigenvalue weighted by atomic mass is 10.1. The molecular formula is C11H18N2O2S. The molecule has 90 valence electrons. The van der Waals surface area contributed by atoms with Crippen molar-refractivity contribution in [3.05, 3.63) is 16.1 Å². The molecule has 1 unspecified atom stereocenters. The fourth-order valence-electron chi connectivity index (χ4n) is 1.05. The third kappa shape index (κ3) is 3.90. The molecule has 4 nitrogen and oxygen atoms in total. The minimum absolute atomic E-state index is 0.137. The molecule has 0 aromatic carbocycles. The normalized spacial score (nSPS) is 12.8. The summed E-state index contributed by atoms with van der Waals surface area (Å²) in [5.74, 6) is 0.173. The van der Waals surface area contributed by atoms with E-state index in [9.17, 15) is 4.79 Å². The Morgan fingerprint density at radius 3 is 2.75 bits per heavy atom. The molecule has 0 aliphatic heterocycles. The summed E-state index contributed by atoms with van der Waals surface area (Å²) in [5, 5.41) is 2.45. The molecule has 0 amide bonds. The molecule has 1 heterocycles. The van der Waals surface area contributed by atoms with Crippen LogP contribution in [0.15, 0.2) is 5.38 Å². The van der Waals surface area contributed by atoms with E-state index in [4.69, 9.17) is 10.5 Å². The van der Waals surface area contributed by atoms with E-state index < -0.39 is 0 Å². The summed E-state index contributed by atoms with van der Waals surface area (Å²) in [6.07, 6.45) is 0.871. The minimum Gasteiger partial charge on any atom is -0.461 e. The summed E-state index contributed by atoms with van der Waals surface area (Å²) in [5.41, 5.74) is 6.02. The zero-order valence-corrected chi connectivity index (χ0v) is 10.7. The summed E-state index contributed by atoms with van der Waals surface area (Å²) >= 11 is 1.39. The second-order valence-electron chi connectivity index (χ2n) is 4.18. The van der Waals surface area contributed by atoms with Gasteiger partial charge in [0.05, 0.1) is 12.6 Å². The van der Waals surface area contributed by atoms with E-state index in [1.54, 1.807) is 5.38 Å². The number of hydrogen-bond donors (Lipinski definition) is 1. The summed E-state index contributed by atoms with van der Waals surface area (Å²) in [4.78, 5) is 15.7. The molecule has 0 saturated heterocycles. The van der Waals surface area contributed by atoms with Crippen molar-refractivity contribution in [1.82, 2.24) is 4.98 Å². The summed E-state index contributed by atoms with van der Waals surface area (Å²) in [6, 6.07) is -0.137. The largest absolute Gasteiger partial charge is 0.461 e. The third-order valence-corrected chi connectivity index (χ3v) is 3.09. The van der Waals surface area contributed by atoms with E-state index in [1.807, 2.05) is 6.92 Å². The number of carbonyl (C=O) groups is 1. The first-order valence-electron chi connectivity index (χ1n) is 5.38. The molecule has 0 radical (unpaired) electrons. The van der Waals surface area contributed by atoms with Gasteiger partial charge in [0.2, 0.25) is 0 Å². The Labute approximate surface area is 99.8 Å². The smallest absolute Gasteiger partial charge is 0.357 e. The van der Waals surface area contributed by atoms with Gasteiger partial charge >= 0.3 is 5.97 Å². The van der Waals surface area contributed by atoms with Gasteiger partial charge in [0, 0.05) is 5.38 Å². The second kappa shape index (κ2) is 5.96. The maximum atomic E-state index is 11.5. The Hall–Kier alpha value is -0.940. The highest BCUT2D eigenvalue weighted by Gasteiger charge is 2.13. The zero-order chi connectivity index (χ0) is 12.1. The van der Waals surface area contributed by atoms with Crippen LogP contribution >= 0.6 is 11.3 Å². The van der Waals surface area contributed by atoms with Crippen LogP contribution in [-0.4, -0.2) is 17.6 Å². The van der Waals surface area contributed by atoms with E-state index in [2.05, 4.69) is 18.8 Å². The molecule has 0 bridgehead atoms. The Kier molecular flexibility index (Phi) is 4.89. The highest BCUT2D eigenvalue weighted by Crippen LogP contribution is 2.16. The fraction of sp³-hybridized carbons (Fsp3) is 0.636. The Bertz CT molecular complexity index is 348. The fourth-order valence-corrected chi connectivity index (χ4v) is 1.80. The van der Waals surface area contributed by atoms with Gasteiger partial charge in [0.15, 0.2) is 5.69 Å². The summed E-state index contributed by atoms with van der Waals surface area (Å²) < 4.78 is 5.10. The van der Waals surface area contributed by atoms with Gasteiger partial charge in [-0.3, -0.25) is 0 Å². The first-order valence-corrected chi connectivity index (χ1v) is 6.26. The van der Waals surface area contributed by atoms with E-state index in [0.29, 0.717) is 18.2 Å². The van der Waals surface area contributed by atoms with Gasteiger partial charge in [-0.1, -0.05) is 13.8 Å². The molecule has 16 heavy (non-hydrogen) atoms. The van der Waals surface area contributed by atoms with Crippen LogP contribution in [0.4, 0.5) is 0 Å². The van der Waals surface area contributed by atoms with Crippen LogP contribution in [0.2, 0.25) is 0 Å². The highest BCUT2D eigenvalue weighted by atomic mass is 32.1. The van der Waals surface area contributed by atoms with E-state index >= 15 is 0 Å². The molecule has 1 atom stereocenters. The Morgan fingerprint density at radius 1 is 1.56 bits per heavy atom. The van der Waals surface area contributed by atoms with Crippen molar-refractivity contribution in [2.75, 3.05) is 6.61 Å². The summed E-state index contributed by atoms with van der Waals surface area (Å²) in [7, 11) is 0. The molecule has 1 aromatic rings. The number of ether oxygens (including phenoxy) is 1. The zero-order valence-electron chi connectivity index (χ0n) is 9.90. The maximum Gasteiger partial charge on any atom is 0.357 e. The Balaban J connectivity index is 2.46. The predicted molar refractivity (Wildman–Crippen MR) is 64.5 cm³/mol. The standard InChI is InChI=1S/C11H18N2O2S/c1-7(2)4-5-15-11(14)9-6-16-10(13-9)8(3)12/h6-8H,4-5,12H2,1-3H3. The van der Waals surface area contributed by atoms with Crippen molar-refractivity contribution in [3.63, 3.8) is 0 Å². The van der Waals surface area contributed by atoms with Gasteiger partial charge < -0.3 is 10.5 Å². The Morgan fingerprint density at radius 2 is 2.25 bits per heavy atom. The van der Waals surface area contributed by atoms with Gasteiger partial charge in [0.25, 0.3) is 0 Å². The first kappa shape index (κ1) is 13.1. The number of esters is 1. The third-order valence-electron chi connectivity index (χ3n) is 2.05. The van der Waals surface area contributed by atoms with Crippen LogP contribution in [0.25, 0.3) is 0 Å². The first-order chi connectivity index (χ1) is 7.50. The number of carbonyl (C=O) groups excluding carboxylic acids is 1. The van der Waals surface area contributed by atoms with Gasteiger partial charge in [0.1, 0.15) is 5.01 Å². The molecule has 0 spiro atoms. The molecule has 2 N–H and O–H groups in total. The lowest BCUT2D eigenvalue weighted by molar-refractivity contribution is 0.0482. The monoisotopic (exact) mass is 242 g/mol. The number of aromatic nitrogens is 1. The number of hydrogen-bond acceptors (Lipinski definition) is 5. The molecule has 1 rings (SSSR count). The van der Waals surface area contributed by atoms with Crippen molar-refractivity contribution < 1.29 is 9.53 Å². The molecular weight excluding hydrogens is 224 g/mol. The van der Waals surface area contributed by atoms with Crippen molar-refractivity contribution >= 4 is 17.3 Å². The van der Waals surface area contributed by atoms with E-state index in [0.717, 1.165) is 11.4 Å². The number of rotatable bonds is 5. The maximum absolute atomic E-state index is 11.5. The van der Waals surface area contributed by atoms with E-state index in [1.165, 1.54) is 11.3 Å². The molecule has 1 aromatic heterocycles. The predicted octanol–water partition coefficient (Wildman–Crippen LogP) is 2.37. The van der Waals surface area contributed by atoms with E-state index in [-0.39, 0.29) is 12.0 Å². The average Bonchev–Trinajstić information content (AvgIpc) is 2.65. The lowest BCUT2D eigenvalue weighted by Gasteiger charge is -2.04. The van der Waals surface area contributed by atoms with Crippen LogP contribution in [0.1, 0.15) is 48.7 Å². The topological polar surface area (TPSA) is 65.2 Å². The number of nitrogens with two attached hydrogens (primary N) is 1. The van der Waals surface area contributed by atoms with Crippen molar-refractivity contribution in [2.24, 2.45) is 11.7 Å². The van der Waals surface area contributed by atoms with Gasteiger partial charge in [-0.05, 0) is 19.3 Å². The summed E-state index contributed by atoms with van der Waals surface area (Å²) in [6.45, 7) is 6.46. The van der Waals surface area contributed by atoms with Gasteiger partial charge in [-0.15, -0.1) is 11.3 Å². The van der Waals surface area contributed by atoms with Crippen LogP contribution in [0.5, 0.6) is 0 Å². The molecule has 0 aliphatic carbocycles. The molecule has 0 saturated carbocycles. The van der Waals surface area contributed by atoms with Crippen LogP contribution in [0.3, 0.4) is 0 Å². The van der Waals surface area contributed by atoms with Crippen molar-refractivity contribution in [2.45, 2.75) is 33.2 Å². The molecule has 0 aliphatic rings. The number of nitrogens with zero attached hydrogens (tertiary/aromatic N) is 1. The second-order valence-corrected chi connectivity index (χ2v) is 5.07. The minimum atomic E-state index is -0.358. The number of thiazole rings is 1. The van der Waals surface area contributed by atoms with Gasteiger partial charge in [-0.2, -0.15) is 0 Å². The van der Waals surface area contributed by atoms with Gasteiger partial charge in [-0.25, -0.2) is 9.78 Å². The molecule has 5 heteroatoms. The van der Waals surface area contributed by atoms with Crippen molar-refractivity contribution in [3.8, 4) is 0 Å². The van der Waals surface area contributed by atoms with Crippen LogP contribution < -0.4 is 5.73 Å². The van der Waals surface area contributed by atoms with Crippen LogP contribution in [-0.2, 0) is 4.74 Å². The van der Waals surface area contributed by atoms with Crippen LogP contribution in [0, 0.1) is 5.92 Å². The average molecular weight is 242 g/mol. The molecule has 0 fully saturated rings.